The first-order chi connectivity index (χ1) is 8.61. The van der Waals surface area contributed by atoms with Gasteiger partial charge in [-0.1, -0.05) is 29.4 Å². The molecule has 0 aliphatic heterocycles. The molecule has 1 aromatic carbocycles. The first-order valence-corrected chi connectivity index (χ1v) is 6.59. The van der Waals surface area contributed by atoms with Gasteiger partial charge < -0.3 is 9.67 Å². The molecule has 1 N–H and O–H groups in total. The number of benzene rings is 1. The number of aliphatic carboxylic acids is 1. The van der Waals surface area contributed by atoms with E-state index >= 15 is 0 Å². The number of carboxylic acid groups (broad SMARTS) is 1. The van der Waals surface area contributed by atoms with Crippen LogP contribution in [0.5, 0.6) is 0 Å². The number of nitrogens with zero attached hydrogens (tertiary/aromatic N) is 2. The summed E-state index contributed by atoms with van der Waals surface area (Å²) >= 11 is 7.15. The maximum atomic E-state index is 10.6. The van der Waals surface area contributed by atoms with E-state index in [0.29, 0.717) is 16.7 Å². The molecule has 2 rings (SSSR count). The normalized spacial score (nSPS) is 10.7. The van der Waals surface area contributed by atoms with E-state index in [0.717, 1.165) is 11.0 Å². The first-order valence-electron chi connectivity index (χ1n) is 5.23. The zero-order valence-electron chi connectivity index (χ0n) is 9.47. The SMILES string of the molecule is C=CCn1c(SCC(=O)O)nc2ccc(Cl)cc21. The molecule has 0 spiro atoms. The van der Waals surface area contributed by atoms with Crippen molar-refractivity contribution in [3.8, 4) is 0 Å². The molecule has 4 nitrogen and oxygen atoms in total. The number of halogens is 1. The summed E-state index contributed by atoms with van der Waals surface area (Å²) in [5.74, 6) is -0.885. The zero-order chi connectivity index (χ0) is 13.1. The summed E-state index contributed by atoms with van der Waals surface area (Å²) in [6, 6.07) is 5.40. The summed E-state index contributed by atoms with van der Waals surface area (Å²) in [6.45, 7) is 4.26. The lowest BCUT2D eigenvalue weighted by molar-refractivity contribution is -0.133. The van der Waals surface area contributed by atoms with Crippen LogP contribution in [0, 0.1) is 0 Å². The predicted molar refractivity (Wildman–Crippen MR) is 73.3 cm³/mol. The van der Waals surface area contributed by atoms with Crippen LogP contribution in [0.15, 0.2) is 36.0 Å². The van der Waals surface area contributed by atoms with Crippen LogP contribution in [0.25, 0.3) is 11.0 Å². The van der Waals surface area contributed by atoms with Gasteiger partial charge in [0.1, 0.15) is 0 Å². The van der Waals surface area contributed by atoms with Gasteiger partial charge in [0.15, 0.2) is 5.16 Å². The van der Waals surface area contributed by atoms with Crippen LogP contribution >= 0.6 is 23.4 Å². The summed E-state index contributed by atoms with van der Waals surface area (Å²) in [4.78, 5) is 15.0. The number of allylic oxidation sites excluding steroid dienone is 1. The largest absolute Gasteiger partial charge is 0.481 e. The molecule has 0 aliphatic carbocycles. The highest BCUT2D eigenvalue weighted by molar-refractivity contribution is 7.99. The van der Waals surface area contributed by atoms with Crippen molar-refractivity contribution in [2.24, 2.45) is 0 Å². The van der Waals surface area contributed by atoms with Crippen molar-refractivity contribution in [1.82, 2.24) is 9.55 Å². The molecule has 0 fully saturated rings. The van der Waals surface area contributed by atoms with Crippen molar-refractivity contribution >= 4 is 40.4 Å². The fourth-order valence-corrected chi connectivity index (χ4v) is 2.53. The Morgan fingerprint density at radius 3 is 3.06 bits per heavy atom. The Morgan fingerprint density at radius 1 is 1.61 bits per heavy atom. The molecule has 0 atom stereocenters. The molecule has 18 heavy (non-hydrogen) atoms. The molecule has 2 aromatic rings. The van der Waals surface area contributed by atoms with Gasteiger partial charge in [-0.3, -0.25) is 4.79 Å². The lowest BCUT2D eigenvalue weighted by Crippen LogP contribution is -2.02. The fourth-order valence-electron chi connectivity index (χ4n) is 1.62. The number of thioether (sulfide) groups is 1. The van der Waals surface area contributed by atoms with Gasteiger partial charge in [0.2, 0.25) is 0 Å². The highest BCUT2D eigenvalue weighted by atomic mass is 35.5. The van der Waals surface area contributed by atoms with Crippen LogP contribution in [-0.2, 0) is 11.3 Å². The molecule has 0 aliphatic rings. The van der Waals surface area contributed by atoms with E-state index in [9.17, 15) is 4.79 Å². The summed E-state index contributed by atoms with van der Waals surface area (Å²) < 4.78 is 1.90. The van der Waals surface area contributed by atoms with E-state index in [2.05, 4.69) is 11.6 Å². The molecule has 1 aromatic heterocycles. The number of rotatable bonds is 5. The fraction of sp³-hybridized carbons (Fsp3) is 0.167. The predicted octanol–water partition coefficient (Wildman–Crippen LogP) is 3.05. The van der Waals surface area contributed by atoms with E-state index < -0.39 is 5.97 Å². The van der Waals surface area contributed by atoms with Crippen LogP contribution in [-0.4, -0.2) is 26.4 Å². The van der Waals surface area contributed by atoms with Crippen molar-refractivity contribution in [2.45, 2.75) is 11.7 Å². The second-order valence-electron chi connectivity index (χ2n) is 3.61. The molecule has 0 amide bonds. The highest BCUT2D eigenvalue weighted by Gasteiger charge is 2.12. The van der Waals surface area contributed by atoms with Gasteiger partial charge in [-0.25, -0.2) is 4.98 Å². The minimum absolute atomic E-state index is 0.0196. The number of hydrogen-bond acceptors (Lipinski definition) is 3. The number of hydrogen-bond donors (Lipinski definition) is 1. The smallest absolute Gasteiger partial charge is 0.313 e. The Labute approximate surface area is 113 Å². The quantitative estimate of drug-likeness (QED) is 0.676. The maximum Gasteiger partial charge on any atom is 0.313 e. The third kappa shape index (κ3) is 2.68. The van der Waals surface area contributed by atoms with Gasteiger partial charge in [0.05, 0.1) is 16.8 Å². The molecular weight excluding hydrogens is 272 g/mol. The van der Waals surface area contributed by atoms with E-state index in [1.54, 1.807) is 12.1 Å². The topological polar surface area (TPSA) is 55.1 Å². The molecule has 94 valence electrons. The summed E-state index contributed by atoms with van der Waals surface area (Å²) in [5.41, 5.74) is 1.68. The van der Waals surface area contributed by atoms with Crippen LogP contribution in [0.3, 0.4) is 0 Å². The third-order valence-corrected chi connectivity index (χ3v) is 3.51. The van der Waals surface area contributed by atoms with E-state index in [4.69, 9.17) is 16.7 Å². The van der Waals surface area contributed by atoms with Gasteiger partial charge in [-0.05, 0) is 18.2 Å². The van der Waals surface area contributed by atoms with Gasteiger partial charge in [0, 0.05) is 11.6 Å². The molecule has 0 radical (unpaired) electrons. The Bertz CT molecular complexity index is 609. The lowest BCUT2D eigenvalue weighted by atomic mass is 10.3. The van der Waals surface area contributed by atoms with E-state index in [1.807, 2.05) is 16.7 Å². The minimum atomic E-state index is -0.866. The van der Waals surface area contributed by atoms with Gasteiger partial charge in [-0.2, -0.15) is 0 Å². The number of imidazole rings is 1. The number of carboxylic acids is 1. The minimum Gasteiger partial charge on any atom is -0.481 e. The third-order valence-electron chi connectivity index (χ3n) is 2.31. The Morgan fingerprint density at radius 2 is 2.39 bits per heavy atom. The van der Waals surface area contributed by atoms with Gasteiger partial charge in [-0.15, -0.1) is 6.58 Å². The average Bonchev–Trinajstić information content (AvgIpc) is 2.65. The standard InChI is InChI=1S/C12H11ClN2O2S/c1-2-5-15-10-6-8(13)3-4-9(10)14-12(15)18-7-11(16)17/h2-4,6H,1,5,7H2,(H,16,17). The number of fused-ring (bicyclic) bond motifs is 1. The van der Waals surface area contributed by atoms with Crippen LogP contribution < -0.4 is 0 Å². The van der Waals surface area contributed by atoms with Crippen LogP contribution in [0.4, 0.5) is 0 Å². The Kier molecular flexibility index (Phi) is 3.93. The highest BCUT2D eigenvalue weighted by Crippen LogP contribution is 2.26. The molecule has 0 unspecified atom stereocenters. The molecule has 0 saturated heterocycles. The summed E-state index contributed by atoms with van der Waals surface area (Å²) in [5, 5.41) is 10.0. The summed E-state index contributed by atoms with van der Waals surface area (Å²) in [7, 11) is 0. The first kappa shape index (κ1) is 13.0. The Balaban J connectivity index is 2.47. The number of carbonyl (C=O) groups is 1. The van der Waals surface area contributed by atoms with E-state index in [-0.39, 0.29) is 5.75 Å². The second-order valence-corrected chi connectivity index (χ2v) is 4.99. The molecule has 1 heterocycles. The Hall–Kier alpha value is -1.46. The van der Waals surface area contributed by atoms with Crippen molar-refractivity contribution in [2.75, 3.05) is 5.75 Å². The van der Waals surface area contributed by atoms with Crippen LogP contribution in [0.1, 0.15) is 0 Å². The molecule has 0 saturated carbocycles. The lowest BCUT2D eigenvalue weighted by Gasteiger charge is -2.04. The molecule has 6 heteroatoms. The molecule has 0 bridgehead atoms. The second kappa shape index (κ2) is 5.46. The van der Waals surface area contributed by atoms with Gasteiger partial charge >= 0.3 is 5.97 Å². The van der Waals surface area contributed by atoms with Gasteiger partial charge in [0.25, 0.3) is 0 Å². The molecular formula is C12H11ClN2O2S. The van der Waals surface area contributed by atoms with Crippen molar-refractivity contribution in [3.63, 3.8) is 0 Å². The van der Waals surface area contributed by atoms with Crippen molar-refractivity contribution in [1.29, 1.82) is 0 Å². The summed E-state index contributed by atoms with van der Waals surface area (Å²) in [6.07, 6.45) is 1.74. The zero-order valence-corrected chi connectivity index (χ0v) is 11.0. The van der Waals surface area contributed by atoms with Crippen molar-refractivity contribution in [3.05, 3.63) is 35.9 Å². The maximum absolute atomic E-state index is 10.6. The number of aromatic nitrogens is 2. The van der Waals surface area contributed by atoms with E-state index in [1.165, 1.54) is 11.8 Å². The van der Waals surface area contributed by atoms with Crippen LogP contribution in [0.2, 0.25) is 5.02 Å². The monoisotopic (exact) mass is 282 g/mol. The average molecular weight is 283 g/mol. The van der Waals surface area contributed by atoms with Crippen molar-refractivity contribution < 1.29 is 9.90 Å².